The minimum atomic E-state index is -0.467. The van der Waals surface area contributed by atoms with Gasteiger partial charge in [-0.1, -0.05) is 162 Å². The molecule has 8 aromatic rings. The molecule has 1 aliphatic rings. The van der Waals surface area contributed by atoms with Gasteiger partial charge in [-0.15, -0.1) is 0 Å². The maximum Gasteiger partial charge on any atom is 0.0714 e. The quantitative estimate of drug-likeness (QED) is 0.168. The third-order valence-corrected chi connectivity index (χ3v) is 10.5. The van der Waals surface area contributed by atoms with Crippen molar-refractivity contribution in [1.82, 2.24) is 0 Å². The number of nitrogens with zero attached hydrogens (tertiary/aromatic N) is 1. The molecule has 0 atom stereocenters. The highest BCUT2D eigenvalue weighted by molar-refractivity contribution is 9.10. The fraction of sp³-hybridized carbons (Fsp3) is 0.0213. The zero-order chi connectivity index (χ0) is 32.8. The average Bonchev–Trinajstić information content (AvgIpc) is 3.47. The minimum Gasteiger partial charge on any atom is -0.310 e. The predicted molar refractivity (Wildman–Crippen MR) is 209 cm³/mol. The molecule has 1 nitrogen and oxygen atoms in total. The Kier molecular flexibility index (Phi) is 7.25. The average molecular weight is 691 g/mol. The van der Waals surface area contributed by atoms with Crippen LogP contribution in [0.2, 0.25) is 0 Å². The molecule has 2 heteroatoms. The summed E-state index contributed by atoms with van der Waals surface area (Å²) in [5.74, 6) is 0. The number of halogens is 1. The van der Waals surface area contributed by atoms with Gasteiger partial charge in [-0.25, -0.2) is 0 Å². The Morgan fingerprint density at radius 2 is 0.878 bits per heavy atom. The molecule has 1 aliphatic carbocycles. The molecular weight excluding hydrogens is 658 g/mol. The normalized spacial score (nSPS) is 12.8. The molecule has 0 aromatic heterocycles. The molecule has 232 valence electrons. The number of anilines is 3. The van der Waals surface area contributed by atoms with Crippen LogP contribution in [0.25, 0.3) is 33.0 Å². The van der Waals surface area contributed by atoms with Crippen LogP contribution in [0.15, 0.2) is 199 Å². The lowest BCUT2D eigenvalue weighted by Gasteiger charge is -2.35. The highest BCUT2D eigenvalue weighted by Crippen LogP contribution is 2.57. The fourth-order valence-corrected chi connectivity index (χ4v) is 8.04. The second-order valence-electron chi connectivity index (χ2n) is 12.7. The van der Waals surface area contributed by atoms with Gasteiger partial charge in [0.15, 0.2) is 0 Å². The summed E-state index contributed by atoms with van der Waals surface area (Å²) >= 11 is 3.58. The zero-order valence-electron chi connectivity index (χ0n) is 26.8. The summed E-state index contributed by atoms with van der Waals surface area (Å²) in [6.07, 6.45) is 0. The third-order valence-electron chi connectivity index (χ3n) is 9.99. The van der Waals surface area contributed by atoms with Crippen molar-refractivity contribution in [3.05, 3.63) is 221 Å². The summed E-state index contributed by atoms with van der Waals surface area (Å²) < 4.78 is 1.08. The summed E-state index contributed by atoms with van der Waals surface area (Å²) in [5.41, 5.74) is 13.0. The Morgan fingerprint density at radius 1 is 0.367 bits per heavy atom. The van der Waals surface area contributed by atoms with Gasteiger partial charge in [0.2, 0.25) is 0 Å². The molecule has 49 heavy (non-hydrogen) atoms. The zero-order valence-corrected chi connectivity index (χ0v) is 28.4. The molecule has 0 radical (unpaired) electrons. The van der Waals surface area contributed by atoms with Crippen molar-refractivity contribution < 1.29 is 0 Å². The molecule has 0 N–H and O–H groups in total. The monoisotopic (exact) mass is 689 g/mol. The van der Waals surface area contributed by atoms with Gasteiger partial charge in [-0.2, -0.15) is 0 Å². The molecule has 0 amide bonds. The van der Waals surface area contributed by atoms with Crippen molar-refractivity contribution in [3.63, 3.8) is 0 Å². The van der Waals surface area contributed by atoms with Crippen LogP contribution in [0, 0.1) is 0 Å². The van der Waals surface area contributed by atoms with Crippen LogP contribution in [0.5, 0.6) is 0 Å². The number of benzene rings is 8. The van der Waals surface area contributed by atoms with Gasteiger partial charge in [-0.3, -0.25) is 0 Å². The molecule has 8 aromatic carbocycles. The van der Waals surface area contributed by atoms with Gasteiger partial charge >= 0.3 is 0 Å². The van der Waals surface area contributed by atoms with Gasteiger partial charge < -0.3 is 4.90 Å². The Morgan fingerprint density at radius 3 is 1.57 bits per heavy atom. The Bertz CT molecular complexity index is 2390. The molecule has 0 saturated carbocycles. The molecule has 0 fully saturated rings. The lowest BCUT2D eigenvalue weighted by atomic mass is 9.67. The lowest BCUT2D eigenvalue weighted by molar-refractivity contribution is 0.768. The van der Waals surface area contributed by atoms with Crippen LogP contribution in [-0.4, -0.2) is 0 Å². The number of fused-ring (bicyclic) bond motifs is 4. The summed E-state index contributed by atoms with van der Waals surface area (Å²) in [5, 5.41) is 2.45. The molecule has 0 bridgehead atoms. The minimum absolute atomic E-state index is 0.467. The van der Waals surface area contributed by atoms with E-state index < -0.39 is 5.41 Å². The maximum atomic E-state index is 3.58. The number of hydrogen-bond acceptors (Lipinski definition) is 1. The molecule has 0 heterocycles. The second kappa shape index (κ2) is 12.1. The van der Waals surface area contributed by atoms with E-state index in [1.165, 1.54) is 55.3 Å². The van der Waals surface area contributed by atoms with Crippen LogP contribution in [0.4, 0.5) is 17.1 Å². The van der Waals surface area contributed by atoms with E-state index in [-0.39, 0.29) is 0 Å². The molecule has 0 aliphatic heterocycles. The first-order valence-corrected chi connectivity index (χ1v) is 17.5. The maximum absolute atomic E-state index is 3.58. The van der Waals surface area contributed by atoms with E-state index in [0.29, 0.717) is 0 Å². The van der Waals surface area contributed by atoms with Crippen molar-refractivity contribution in [2.75, 3.05) is 4.90 Å². The van der Waals surface area contributed by atoms with Crippen molar-refractivity contribution in [3.8, 4) is 22.3 Å². The topological polar surface area (TPSA) is 3.24 Å². The van der Waals surface area contributed by atoms with E-state index in [2.05, 4.69) is 215 Å². The summed E-state index contributed by atoms with van der Waals surface area (Å²) in [7, 11) is 0. The largest absolute Gasteiger partial charge is 0.310 e. The summed E-state index contributed by atoms with van der Waals surface area (Å²) in [6, 6.07) is 70.9. The Balaban J connectivity index is 1.28. The van der Waals surface area contributed by atoms with Gasteiger partial charge in [0.05, 0.1) is 5.41 Å². The van der Waals surface area contributed by atoms with Crippen LogP contribution < -0.4 is 4.90 Å². The van der Waals surface area contributed by atoms with Crippen molar-refractivity contribution in [2.45, 2.75) is 5.41 Å². The number of rotatable bonds is 6. The van der Waals surface area contributed by atoms with E-state index in [4.69, 9.17) is 0 Å². The van der Waals surface area contributed by atoms with E-state index in [0.717, 1.165) is 21.5 Å². The summed E-state index contributed by atoms with van der Waals surface area (Å²) in [6.45, 7) is 0. The molecule has 0 saturated heterocycles. The van der Waals surface area contributed by atoms with E-state index >= 15 is 0 Å². The molecule has 0 unspecified atom stereocenters. The fourth-order valence-electron chi connectivity index (χ4n) is 7.78. The third kappa shape index (κ3) is 4.91. The van der Waals surface area contributed by atoms with Crippen LogP contribution >= 0.6 is 15.9 Å². The van der Waals surface area contributed by atoms with E-state index in [9.17, 15) is 0 Å². The Hall–Kier alpha value is -5.70. The van der Waals surface area contributed by atoms with Gasteiger partial charge in [0, 0.05) is 21.5 Å². The van der Waals surface area contributed by atoms with Crippen LogP contribution in [0.1, 0.15) is 22.3 Å². The standard InChI is InChI=1S/C47H32BrN/c48-39-24-19-34(20-25-39)35-21-26-40(27-22-35)49(41-28-23-33-11-7-8-12-36(33)31-41)42-29-30-44-43-17-9-10-18-45(43)47(46(44)32-42,37-13-3-1-4-14-37)38-15-5-2-6-16-38/h1-32H. The van der Waals surface area contributed by atoms with E-state index in [1.54, 1.807) is 0 Å². The first kappa shape index (κ1) is 29.4. The van der Waals surface area contributed by atoms with Crippen molar-refractivity contribution >= 4 is 43.8 Å². The molecule has 9 rings (SSSR count). The van der Waals surface area contributed by atoms with Crippen LogP contribution in [0.3, 0.4) is 0 Å². The van der Waals surface area contributed by atoms with Gasteiger partial charge in [-0.05, 0) is 104 Å². The second-order valence-corrected chi connectivity index (χ2v) is 13.6. The summed E-state index contributed by atoms with van der Waals surface area (Å²) in [4.78, 5) is 2.40. The highest BCUT2D eigenvalue weighted by Gasteiger charge is 2.46. The number of hydrogen-bond donors (Lipinski definition) is 0. The SMILES string of the molecule is Brc1ccc(-c2ccc(N(c3ccc4c(c3)C(c3ccccc3)(c3ccccc3)c3ccccc3-4)c3ccc4ccccc4c3)cc2)cc1. The molecule has 0 spiro atoms. The van der Waals surface area contributed by atoms with E-state index in [1.807, 2.05) is 0 Å². The van der Waals surface area contributed by atoms with Gasteiger partial charge in [0.1, 0.15) is 0 Å². The van der Waals surface area contributed by atoms with Crippen molar-refractivity contribution in [1.29, 1.82) is 0 Å². The first-order valence-electron chi connectivity index (χ1n) is 16.7. The lowest BCUT2D eigenvalue weighted by Crippen LogP contribution is -2.28. The first-order chi connectivity index (χ1) is 24.2. The van der Waals surface area contributed by atoms with Crippen LogP contribution in [-0.2, 0) is 5.41 Å². The van der Waals surface area contributed by atoms with Gasteiger partial charge in [0.25, 0.3) is 0 Å². The predicted octanol–water partition coefficient (Wildman–Crippen LogP) is 13.1. The highest BCUT2D eigenvalue weighted by atomic mass is 79.9. The van der Waals surface area contributed by atoms with Crippen molar-refractivity contribution in [2.24, 2.45) is 0 Å². The smallest absolute Gasteiger partial charge is 0.0714 e. The Labute approximate surface area is 295 Å². The molecular formula is C47H32BrN.